The molecule has 0 saturated carbocycles. The lowest BCUT2D eigenvalue weighted by atomic mass is 10.3. The quantitative estimate of drug-likeness (QED) is 0.479. The van der Waals surface area contributed by atoms with Crippen LogP contribution in [0.15, 0.2) is 0 Å². The summed E-state index contributed by atoms with van der Waals surface area (Å²) in [5.74, 6) is 5.64. The number of nitrogens with one attached hydrogen (secondary N) is 1. The molecule has 0 saturated heterocycles. The minimum Gasteiger partial charge on any atom is -0.369 e. The second-order valence-electron chi connectivity index (χ2n) is 2.94. The van der Waals surface area contributed by atoms with Gasteiger partial charge in [-0.05, 0) is 19.9 Å². The molecule has 70 valence electrons. The van der Waals surface area contributed by atoms with Crippen molar-refractivity contribution in [3.05, 3.63) is 0 Å². The number of ether oxygens (including phenoxy) is 1. The van der Waals surface area contributed by atoms with E-state index in [2.05, 4.69) is 31.0 Å². The molecule has 0 aromatic heterocycles. The zero-order valence-corrected chi connectivity index (χ0v) is 8.31. The molecule has 0 aromatic carbocycles. The maximum atomic E-state index is 5.24. The highest BCUT2D eigenvalue weighted by atomic mass is 16.5. The van der Waals surface area contributed by atoms with Crippen molar-refractivity contribution in [3.8, 4) is 11.8 Å². The van der Waals surface area contributed by atoms with Crippen LogP contribution >= 0.6 is 0 Å². The van der Waals surface area contributed by atoms with Crippen LogP contribution < -0.4 is 5.32 Å². The molecule has 0 fully saturated rings. The van der Waals surface area contributed by atoms with Gasteiger partial charge < -0.3 is 10.1 Å². The first-order valence-corrected chi connectivity index (χ1v) is 4.48. The molecule has 0 spiro atoms. The van der Waals surface area contributed by atoms with E-state index in [4.69, 9.17) is 4.74 Å². The molecule has 0 aliphatic heterocycles. The summed E-state index contributed by atoms with van der Waals surface area (Å²) >= 11 is 0. The Morgan fingerprint density at radius 2 is 2.17 bits per heavy atom. The van der Waals surface area contributed by atoms with Gasteiger partial charge in [0.05, 0.1) is 0 Å². The van der Waals surface area contributed by atoms with Gasteiger partial charge in [-0.1, -0.05) is 19.8 Å². The standard InChI is InChI=1S/C10H19NO/c1-4-5-8-12-9-6-7-11-10(2)3/h10-11H,6-9H2,1-3H3. The summed E-state index contributed by atoms with van der Waals surface area (Å²) in [7, 11) is 0. The molecule has 1 N–H and O–H groups in total. The lowest BCUT2D eigenvalue weighted by Crippen LogP contribution is -2.24. The molecule has 0 heterocycles. The number of hydrogen-bond donors (Lipinski definition) is 1. The Morgan fingerprint density at radius 3 is 2.75 bits per heavy atom. The minimum atomic E-state index is 0.568. The molecular formula is C10H19NO. The van der Waals surface area contributed by atoms with E-state index in [-0.39, 0.29) is 0 Å². The summed E-state index contributed by atoms with van der Waals surface area (Å²) in [6, 6.07) is 0.570. The molecule has 0 aliphatic carbocycles. The fourth-order valence-corrected chi connectivity index (χ4v) is 0.760. The second-order valence-corrected chi connectivity index (χ2v) is 2.94. The molecule has 2 nitrogen and oxygen atoms in total. The first-order valence-electron chi connectivity index (χ1n) is 4.48. The Labute approximate surface area is 75.7 Å². The van der Waals surface area contributed by atoms with Crippen LogP contribution in [0.5, 0.6) is 0 Å². The van der Waals surface area contributed by atoms with Gasteiger partial charge in [0.1, 0.15) is 6.61 Å². The van der Waals surface area contributed by atoms with Crippen molar-refractivity contribution >= 4 is 0 Å². The van der Waals surface area contributed by atoms with E-state index in [0.717, 1.165) is 19.6 Å². The van der Waals surface area contributed by atoms with Crippen LogP contribution in [-0.4, -0.2) is 25.8 Å². The molecule has 0 unspecified atom stereocenters. The highest BCUT2D eigenvalue weighted by molar-refractivity contribution is 4.94. The van der Waals surface area contributed by atoms with Crippen LogP contribution in [0.2, 0.25) is 0 Å². The van der Waals surface area contributed by atoms with E-state index in [1.807, 2.05) is 6.92 Å². The van der Waals surface area contributed by atoms with Crippen molar-refractivity contribution < 1.29 is 4.74 Å². The van der Waals surface area contributed by atoms with E-state index in [9.17, 15) is 0 Å². The third kappa shape index (κ3) is 9.48. The van der Waals surface area contributed by atoms with Gasteiger partial charge in [0.25, 0.3) is 0 Å². The number of hydrogen-bond acceptors (Lipinski definition) is 2. The molecule has 0 aliphatic rings. The Hall–Kier alpha value is -0.520. The maximum Gasteiger partial charge on any atom is 0.107 e. The summed E-state index contributed by atoms with van der Waals surface area (Å²) in [5.41, 5.74) is 0. The molecule has 0 aromatic rings. The minimum absolute atomic E-state index is 0.568. The van der Waals surface area contributed by atoms with E-state index < -0.39 is 0 Å². The van der Waals surface area contributed by atoms with E-state index >= 15 is 0 Å². The fraction of sp³-hybridized carbons (Fsp3) is 0.800. The van der Waals surface area contributed by atoms with E-state index in [1.54, 1.807) is 0 Å². The van der Waals surface area contributed by atoms with Gasteiger partial charge in [-0.15, -0.1) is 5.92 Å². The van der Waals surface area contributed by atoms with Crippen LogP contribution in [0.25, 0.3) is 0 Å². The summed E-state index contributed by atoms with van der Waals surface area (Å²) in [6.45, 7) is 8.50. The topological polar surface area (TPSA) is 21.3 Å². The summed E-state index contributed by atoms with van der Waals surface area (Å²) in [5, 5.41) is 3.32. The normalized spacial score (nSPS) is 9.67. The first kappa shape index (κ1) is 11.5. The van der Waals surface area contributed by atoms with E-state index in [1.165, 1.54) is 0 Å². The molecule has 0 rings (SSSR count). The van der Waals surface area contributed by atoms with Crippen molar-refractivity contribution in [2.75, 3.05) is 19.8 Å². The summed E-state index contributed by atoms with van der Waals surface area (Å²) < 4.78 is 5.24. The van der Waals surface area contributed by atoms with Gasteiger partial charge in [0.15, 0.2) is 0 Å². The average molecular weight is 169 g/mol. The van der Waals surface area contributed by atoms with Crippen LogP contribution in [0.4, 0.5) is 0 Å². The van der Waals surface area contributed by atoms with Gasteiger partial charge in [0.2, 0.25) is 0 Å². The van der Waals surface area contributed by atoms with Crippen molar-refractivity contribution in [3.63, 3.8) is 0 Å². The third-order valence-corrected chi connectivity index (χ3v) is 1.37. The molecular weight excluding hydrogens is 150 g/mol. The fourth-order valence-electron chi connectivity index (χ4n) is 0.760. The second kappa shape index (κ2) is 8.58. The van der Waals surface area contributed by atoms with Crippen LogP contribution in [0.3, 0.4) is 0 Å². The zero-order valence-electron chi connectivity index (χ0n) is 8.31. The van der Waals surface area contributed by atoms with Gasteiger partial charge >= 0.3 is 0 Å². The largest absolute Gasteiger partial charge is 0.369 e. The van der Waals surface area contributed by atoms with Crippen LogP contribution in [0, 0.1) is 11.8 Å². The molecule has 0 radical (unpaired) electrons. The van der Waals surface area contributed by atoms with Crippen molar-refractivity contribution in [2.45, 2.75) is 33.2 Å². The zero-order chi connectivity index (χ0) is 9.23. The van der Waals surface area contributed by atoms with Gasteiger partial charge in [-0.2, -0.15) is 0 Å². The van der Waals surface area contributed by atoms with Crippen molar-refractivity contribution in [1.82, 2.24) is 5.32 Å². The van der Waals surface area contributed by atoms with Crippen molar-refractivity contribution in [1.29, 1.82) is 0 Å². The Kier molecular flexibility index (Phi) is 8.20. The monoisotopic (exact) mass is 169 g/mol. The Morgan fingerprint density at radius 1 is 1.42 bits per heavy atom. The lowest BCUT2D eigenvalue weighted by molar-refractivity contribution is 0.163. The highest BCUT2D eigenvalue weighted by Crippen LogP contribution is 1.82. The molecule has 0 bridgehead atoms. The predicted octanol–water partition coefficient (Wildman–Crippen LogP) is 1.41. The first-order chi connectivity index (χ1) is 5.77. The molecule has 12 heavy (non-hydrogen) atoms. The Balaban J connectivity index is 2.94. The Bertz CT molecular complexity index is 144. The summed E-state index contributed by atoms with van der Waals surface area (Å²) in [6.07, 6.45) is 1.06. The van der Waals surface area contributed by atoms with Crippen LogP contribution in [-0.2, 0) is 4.74 Å². The predicted molar refractivity (Wildman–Crippen MR) is 52.0 cm³/mol. The van der Waals surface area contributed by atoms with Gasteiger partial charge in [0, 0.05) is 12.6 Å². The van der Waals surface area contributed by atoms with E-state index in [0.29, 0.717) is 12.6 Å². The van der Waals surface area contributed by atoms with Gasteiger partial charge in [-0.25, -0.2) is 0 Å². The summed E-state index contributed by atoms with van der Waals surface area (Å²) in [4.78, 5) is 0. The van der Waals surface area contributed by atoms with Crippen molar-refractivity contribution in [2.24, 2.45) is 0 Å². The molecule has 2 heteroatoms. The molecule has 0 atom stereocenters. The average Bonchev–Trinajstić information content (AvgIpc) is 2.02. The maximum absolute atomic E-state index is 5.24. The lowest BCUT2D eigenvalue weighted by Gasteiger charge is -2.06. The third-order valence-electron chi connectivity index (χ3n) is 1.37. The van der Waals surface area contributed by atoms with Gasteiger partial charge in [-0.3, -0.25) is 0 Å². The smallest absolute Gasteiger partial charge is 0.107 e. The number of rotatable bonds is 6. The molecule has 0 amide bonds. The SMILES string of the molecule is CC#CCOCCCNC(C)C. The highest BCUT2D eigenvalue weighted by Gasteiger charge is 1.90. The van der Waals surface area contributed by atoms with Crippen LogP contribution in [0.1, 0.15) is 27.2 Å².